The molecule has 4 nitrogen and oxygen atoms in total. The van der Waals surface area contributed by atoms with Crippen molar-refractivity contribution >= 4 is 0 Å². The van der Waals surface area contributed by atoms with E-state index in [2.05, 4.69) is 0 Å². The average molecular weight is 210 g/mol. The highest BCUT2D eigenvalue weighted by atomic mass is 16.5. The summed E-state index contributed by atoms with van der Waals surface area (Å²) >= 11 is 0. The van der Waals surface area contributed by atoms with Crippen molar-refractivity contribution in [1.29, 1.82) is 0 Å². The molecule has 2 atom stereocenters. The molecule has 0 amide bonds. The summed E-state index contributed by atoms with van der Waals surface area (Å²) in [6.45, 7) is 5.50. The molecule has 15 heavy (non-hydrogen) atoms. The third-order valence-electron chi connectivity index (χ3n) is 1.79. The molecule has 0 heterocycles. The summed E-state index contributed by atoms with van der Waals surface area (Å²) in [5, 5.41) is 0. The van der Waals surface area contributed by atoms with Gasteiger partial charge in [-0.1, -0.05) is 6.07 Å². The Hall–Kier alpha value is -1.26. The quantitative estimate of drug-likeness (QED) is 0.736. The van der Waals surface area contributed by atoms with Crippen molar-refractivity contribution in [1.82, 2.24) is 0 Å². The molecule has 0 spiro atoms. The Labute approximate surface area is 90.2 Å². The van der Waals surface area contributed by atoms with Gasteiger partial charge < -0.3 is 9.47 Å². The van der Waals surface area contributed by atoms with Crippen LogP contribution in [0.15, 0.2) is 18.2 Å². The molecule has 0 aliphatic rings. The van der Waals surface area contributed by atoms with Crippen LogP contribution in [0, 0.1) is 6.92 Å². The van der Waals surface area contributed by atoms with Gasteiger partial charge in [0.05, 0.1) is 0 Å². The molecule has 1 aromatic rings. The van der Waals surface area contributed by atoms with Crippen molar-refractivity contribution < 1.29 is 9.47 Å². The molecule has 2 unspecified atom stereocenters. The van der Waals surface area contributed by atoms with Gasteiger partial charge >= 0.3 is 0 Å². The summed E-state index contributed by atoms with van der Waals surface area (Å²) in [5.74, 6) is 1.41. The highest BCUT2D eigenvalue weighted by Gasteiger charge is 2.05. The first-order chi connectivity index (χ1) is 6.99. The van der Waals surface area contributed by atoms with Gasteiger partial charge in [0, 0.05) is 6.07 Å². The SMILES string of the molecule is Cc1ccc(OC(C)N)cc1OC(C)N. The minimum atomic E-state index is -0.339. The molecule has 1 aromatic carbocycles. The first kappa shape index (κ1) is 11.8. The second-order valence-electron chi connectivity index (χ2n) is 3.57. The zero-order valence-electron chi connectivity index (χ0n) is 9.36. The molecule has 0 saturated carbocycles. The number of aryl methyl sites for hydroxylation is 1. The van der Waals surface area contributed by atoms with Crippen LogP contribution in [0.4, 0.5) is 0 Å². The van der Waals surface area contributed by atoms with Gasteiger partial charge in [-0.2, -0.15) is 0 Å². The van der Waals surface area contributed by atoms with E-state index in [1.165, 1.54) is 0 Å². The molecule has 4 heteroatoms. The fourth-order valence-electron chi connectivity index (χ4n) is 1.20. The molecule has 0 saturated heterocycles. The lowest BCUT2D eigenvalue weighted by Crippen LogP contribution is -2.24. The second kappa shape index (κ2) is 5.00. The topological polar surface area (TPSA) is 70.5 Å². The number of hydrogen-bond acceptors (Lipinski definition) is 4. The molecule has 0 fully saturated rings. The van der Waals surface area contributed by atoms with E-state index in [1.807, 2.05) is 19.1 Å². The van der Waals surface area contributed by atoms with E-state index in [0.29, 0.717) is 5.75 Å². The van der Waals surface area contributed by atoms with Crippen LogP contribution in [0.1, 0.15) is 19.4 Å². The summed E-state index contributed by atoms with van der Waals surface area (Å²) < 4.78 is 10.8. The van der Waals surface area contributed by atoms with Gasteiger partial charge in [0.1, 0.15) is 24.0 Å². The van der Waals surface area contributed by atoms with E-state index >= 15 is 0 Å². The van der Waals surface area contributed by atoms with Crippen molar-refractivity contribution in [2.24, 2.45) is 11.5 Å². The van der Waals surface area contributed by atoms with E-state index in [-0.39, 0.29) is 12.5 Å². The Morgan fingerprint density at radius 2 is 1.67 bits per heavy atom. The lowest BCUT2D eigenvalue weighted by atomic mass is 10.2. The summed E-state index contributed by atoms with van der Waals surface area (Å²) in [4.78, 5) is 0. The number of ether oxygens (including phenoxy) is 2. The highest BCUT2D eigenvalue weighted by Crippen LogP contribution is 2.24. The van der Waals surface area contributed by atoms with Gasteiger partial charge in [-0.05, 0) is 32.4 Å². The van der Waals surface area contributed by atoms with Crippen LogP contribution in [0.2, 0.25) is 0 Å². The molecular weight excluding hydrogens is 192 g/mol. The van der Waals surface area contributed by atoms with Crippen LogP contribution >= 0.6 is 0 Å². The van der Waals surface area contributed by atoms with Crippen LogP contribution in [0.25, 0.3) is 0 Å². The third-order valence-corrected chi connectivity index (χ3v) is 1.79. The van der Waals surface area contributed by atoms with E-state index in [0.717, 1.165) is 11.3 Å². The monoisotopic (exact) mass is 210 g/mol. The second-order valence-corrected chi connectivity index (χ2v) is 3.57. The molecule has 0 aliphatic carbocycles. The molecule has 4 N–H and O–H groups in total. The first-order valence-electron chi connectivity index (χ1n) is 4.94. The Morgan fingerprint density at radius 1 is 1.07 bits per heavy atom. The standard InChI is InChI=1S/C11H18N2O2/c1-7-4-5-10(14-8(2)12)6-11(7)15-9(3)13/h4-6,8-9H,12-13H2,1-3H3. The predicted octanol–water partition coefficient (Wildman–Crippen LogP) is 1.36. The predicted molar refractivity (Wildman–Crippen MR) is 59.7 cm³/mol. The minimum Gasteiger partial charge on any atom is -0.476 e. The average Bonchev–Trinajstić information content (AvgIpc) is 2.09. The lowest BCUT2D eigenvalue weighted by molar-refractivity contribution is 0.216. The zero-order valence-corrected chi connectivity index (χ0v) is 9.36. The van der Waals surface area contributed by atoms with Gasteiger partial charge in [-0.3, -0.25) is 11.5 Å². The van der Waals surface area contributed by atoms with Crippen LogP contribution in [-0.2, 0) is 0 Å². The maximum absolute atomic E-state index is 5.56. The summed E-state index contributed by atoms with van der Waals surface area (Å²) in [6.07, 6.45) is -0.676. The van der Waals surface area contributed by atoms with Crippen LogP contribution in [0.3, 0.4) is 0 Å². The molecule has 0 aromatic heterocycles. The van der Waals surface area contributed by atoms with E-state index < -0.39 is 0 Å². The summed E-state index contributed by atoms with van der Waals surface area (Å²) in [6, 6.07) is 5.56. The lowest BCUT2D eigenvalue weighted by Gasteiger charge is -2.15. The van der Waals surface area contributed by atoms with Gasteiger partial charge in [0.25, 0.3) is 0 Å². The van der Waals surface area contributed by atoms with Crippen molar-refractivity contribution in [2.45, 2.75) is 33.2 Å². The number of nitrogens with two attached hydrogens (primary N) is 2. The van der Waals surface area contributed by atoms with Gasteiger partial charge in [-0.15, -0.1) is 0 Å². The molecule has 84 valence electrons. The minimum absolute atomic E-state index is 0.337. The van der Waals surface area contributed by atoms with Crippen LogP contribution < -0.4 is 20.9 Å². The van der Waals surface area contributed by atoms with Crippen molar-refractivity contribution in [3.8, 4) is 11.5 Å². The molecule has 1 rings (SSSR count). The van der Waals surface area contributed by atoms with Crippen molar-refractivity contribution in [2.75, 3.05) is 0 Å². The van der Waals surface area contributed by atoms with Crippen molar-refractivity contribution in [3.63, 3.8) is 0 Å². The molecule has 0 aliphatic heterocycles. The maximum atomic E-state index is 5.56. The van der Waals surface area contributed by atoms with Crippen LogP contribution in [-0.4, -0.2) is 12.5 Å². The Bertz CT molecular complexity index is 324. The molecule has 0 radical (unpaired) electrons. The Kier molecular flexibility index (Phi) is 3.94. The molecular formula is C11H18N2O2. The number of hydrogen-bond donors (Lipinski definition) is 2. The van der Waals surface area contributed by atoms with Crippen molar-refractivity contribution in [3.05, 3.63) is 23.8 Å². The van der Waals surface area contributed by atoms with E-state index in [1.54, 1.807) is 19.9 Å². The first-order valence-corrected chi connectivity index (χ1v) is 4.94. The van der Waals surface area contributed by atoms with Gasteiger partial charge in [-0.25, -0.2) is 0 Å². The number of rotatable bonds is 4. The fourth-order valence-corrected chi connectivity index (χ4v) is 1.20. The van der Waals surface area contributed by atoms with E-state index in [4.69, 9.17) is 20.9 Å². The summed E-state index contributed by atoms with van der Waals surface area (Å²) in [5.41, 5.74) is 12.1. The highest BCUT2D eigenvalue weighted by molar-refractivity contribution is 5.40. The Balaban J connectivity index is 2.85. The third kappa shape index (κ3) is 3.77. The van der Waals surface area contributed by atoms with Crippen LogP contribution in [0.5, 0.6) is 11.5 Å². The normalized spacial score (nSPS) is 14.5. The molecule has 0 bridgehead atoms. The smallest absolute Gasteiger partial charge is 0.144 e. The Morgan fingerprint density at radius 3 is 2.20 bits per heavy atom. The largest absolute Gasteiger partial charge is 0.476 e. The summed E-state index contributed by atoms with van der Waals surface area (Å²) in [7, 11) is 0. The fraction of sp³-hybridized carbons (Fsp3) is 0.455. The van der Waals surface area contributed by atoms with E-state index in [9.17, 15) is 0 Å². The number of benzene rings is 1. The zero-order chi connectivity index (χ0) is 11.4. The van der Waals surface area contributed by atoms with Gasteiger partial charge in [0.15, 0.2) is 0 Å². The maximum Gasteiger partial charge on any atom is 0.144 e. The van der Waals surface area contributed by atoms with Gasteiger partial charge in [0.2, 0.25) is 0 Å².